The van der Waals surface area contributed by atoms with Crippen molar-refractivity contribution < 1.29 is 19.4 Å². The summed E-state index contributed by atoms with van der Waals surface area (Å²) in [4.78, 5) is 25.0. The van der Waals surface area contributed by atoms with Crippen molar-refractivity contribution in [3.8, 4) is 0 Å². The van der Waals surface area contributed by atoms with Gasteiger partial charge in [-0.3, -0.25) is 0 Å². The van der Waals surface area contributed by atoms with Gasteiger partial charge in [-0.1, -0.05) is 12.1 Å². The van der Waals surface area contributed by atoms with Gasteiger partial charge < -0.3 is 14.7 Å². The van der Waals surface area contributed by atoms with E-state index in [1.165, 1.54) is 0 Å². The Bertz CT molecular complexity index is 562. The van der Waals surface area contributed by atoms with Gasteiger partial charge in [0.1, 0.15) is 5.60 Å². The van der Waals surface area contributed by atoms with Crippen LogP contribution >= 0.6 is 0 Å². The largest absolute Gasteiger partial charge is 0.478 e. The van der Waals surface area contributed by atoms with Gasteiger partial charge in [0.25, 0.3) is 0 Å². The normalized spacial score (nSPS) is 18.9. The van der Waals surface area contributed by atoms with E-state index >= 15 is 0 Å². The van der Waals surface area contributed by atoms with Gasteiger partial charge in [0, 0.05) is 19.0 Å². The molecule has 0 aromatic heterocycles. The monoisotopic (exact) mass is 305 g/mol. The number of benzene rings is 1. The van der Waals surface area contributed by atoms with E-state index in [2.05, 4.69) is 0 Å². The minimum Gasteiger partial charge on any atom is -0.478 e. The number of carbonyl (C=O) groups excluding carboxylic acids is 1. The molecule has 5 heteroatoms. The Morgan fingerprint density at radius 3 is 2.68 bits per heavy atom. The lowest BCUT2D eigenvalue weighted by molar-refractivity contribution is 0.0198. The van der Waals surface area contributed by atoms with Crippen LogP contribution in [0.1, 0.15) is 55.5 Å². The number of ether oxygens (including phenoxy) is 1. The molecule has 0 bridgehead atoms. The molecular weight excluding hydrogens is 282 g/mol. The van der Waals surface area contributed by atoms with E-state index in [4.69, 9.17) is 9.84 Å². The second kappa shape index (κ2) is 6.38. The fraction of sp³-hybridized carbons (Fsp3) is 0.529. The Kier molecular flexibility index (Phi) is 4.74. The number of carboxylic acid groups (broad SMARTS) is 1. The number of likely N-dealkylation sites (tertiary alicyclic amines) is 1. The molecule has 1 fully saturated rings. The quantitative estimate of drug-likeness (QED) is 0.908. The molecule has 0 radical (unpaired) electrons. The second-order valence-corrected chi connectivity index (χ2v) is 6.70. The number of hydrogen-bond donors (Lipinski definition) is 1. The van der Waals surface area contributed by atoms with Crippen molar-refractivity contribution in [2.45, 2.75) is 45.1 Å². The molecule has 0 saturated carbocycles. The lowest BCUT2D eigenvalue weighted by atomic mass is 9.90. The highest BCUT2D eigenvalue weighted by molar-refractivity contribution is 5.87. The maximum Gasteiger partial charge on any atom is 0.410 e. The fourth-order valence-electron chi connectivity index (χ4n) is 2.67. The Hall–Kier alpha value is -2.04. The van der Waals surface area contributed by atoms with Crippen molar-refractivity contribution in [3.63, 3.8) is 0 Å². The van der Waals surface area contributed by atoms with Crippen molar-refractivity contribution in [1.82, 2.24) is 4.90 Å². The smallest absolute Gasteiger partial charge is 0.410 e. The highest BCUT2D eigenvalue weighted by atomic mass is 16.6. The maximum absolute atomic E-state index is 12.2. The highest BCUT2D eigenvalue weighted by Gasteiger charge is 2.28. The van der Waals surface area contributed by atoms with Gasteiger partial charge in [0.15, 0.2) is 0 Å². The molecule has 22 heavy (non-hydrogen) atoms. The Morgan fingerprint density at radius 1 is 1.32 bits per heavy atom. The summed E-state index contributed by atoms with van der Waals surface area (Å²) in [5.74, 6) is -0.776. The third-order valence-corrected chi connectivity index (χ3v) is 3.68. The Morgan fingerprint density at radius 2 is 2.05 bits per heavy atom. The number of nitrogens with zero attached hydrogens (tertiary/aromatic N) is 1. The molecule has 1 heterocycles. The first-order valence-electron chi connectivity index (χ1n) is 7.57. The fourth-order valence-corrected chi connectivity index (χ4v) is 2.67. The zero-order valence-electron chi connectivity index (χ0n) is 13.3. The predicted molar refractivity (Wildman–Crippen MR) is 83.2 cm³/mol. The van der Waals surface area contributed by atoms with E-state index in [0.717, 1.165) is 18.4 Å². The molecule has 120 valence electrons. The predicted octanol–water partition coefficient (Wildman–Crippen LogP) is 3.50. The maximum atomic E-state index is 12.2. The van der Waals surface area contributed by atoms with Crippen LogP contribution in [0.4, 0.5) is 4.79 Å². The van der Waals surface area contributed by atoms with Gasteiger partial charge in [0.05, 0.1) is 5.56 Å². The van der Waals surface area contributed by atoms with Crippen LogP contribution < -0.4 is 0 Å². The van der Waals surface area contributed by atoms with Crippen molar-refractivity contribution >= 4 is 12.1 Å². The summed E-state index contributed by atoms with van der Waals surface area (Å²) in [6.07, 6.45) is 1.54. The van der Waals surface area contributed by atoms with Crippen LogP contribution in [0, 0.1) is 0 Å². The van der Waals surface area contributed by atoms with Crippen LogP contribution in [0.15, 0.2) is 24.3 Å². The zero-order chi connectivity index (χ0) is 16.3. The van der Waals surface area contributed by atoms with Gasteiger partial charge >= 0.3 is 12.1 Å². The van der Waals surface area contributed by atoms with Gasteiger partial charge in [-0.25, -0.2) is 9.59 Å². The molecule has 1 aromatic rings. The second-order valence-electron chi connectivity index (χ2n) is 6.70. The van der Waals surface area contributed by atoms with E-state index in [1.807, 2.05) is 26.8 Å². The van der Waals surface area contributed by atoms with Crippen molar-refractivity contribution in [2.24, 2.45) is 0 Å². The van der Waals surface area contributed by atoms with Crippen LogP contribution in [-0.4, -0.2) is 40.8 Å². The van der Waals surface area contributed by atoms with Crippen molar-refractivity contribution in [3.05, 3.63) is 35.4 Å². The molecule has 5 nitrogen and oxygen atoms in total. The molecule has 1 aromatic carbocycles. The molecule has 0 aliphatic carbocycles. The number of rotatable bonds is 2. The van der Waals surface area contributed by atoms with Gasteiger partial charge in [0.2, 0.25) is 0 Å². The SMILES string of the molecule is CC(C)(C)OC(=O)N1CCC[C@H](c2cccc(C(=O)O)c2)C1. The third kappa shape index (κ3) is 4.23. The first-order valence-corrected chi connectivity index (χ1v) is 7.57. The number of carboxylic acids is 1. The van der Waals surface area contributed by atoms with Crippen LogP contribution in [-0.2, 0) is 4.74 Å². The summed E-state index contributed by atoms with van der Waals surface area (Å²) in [5.41, 5.74) is 0.743. The molecule has 2 rings (SSSR count). The average Bonchev–Trinajstić information content (AvgIpc) is 2.46. The summed E-state index contributed by atoms with van der Waals surface area (Å²) in [6.45, 7) is 6.80. The number of aromatic carboxylic acids is 1. The lowest BCUT2D eigenvalue weighted by Gasteiger charge is -2.34. The lowest BCUT2D eigenvalue weighted by Crippen LogP contribution is -2.42. The zero-order valence-corrected chi connectivity index (χ0v) is 13.3. The van der Waals surface area contributed by atoms with Crippen molar-refractivity contribution in [1.29, 1.82) is 0 Å². The first-order chi connectivity index (χ1) is 10.3. The van der Waals surface area contributed by atoms with Gasteiger partial charge in [-0.15, -0.1) is 0 Å². The average molecular weight is 305 g/mol. The van der Waals surface area contributed by atoms with Gasteiger partial charge in [-0.05, 0) is 51.3 Å². The summed E-state index contributed by atoms with van der Waals surface area (Å²) < 4.78 is 5.42. The topological polar surface area (TPSA) is 66.8 Å². The minimum atomic E-state index is -0.929. The third-order valence-electron chi connectivity index (χ3n) is 3.68. The van der Waals surface area contributed by atoms with Crippen LogP contribution in [0.5, 0.6) is 0 Å². The molecule has 0 unspecified atom stereocenters. The molecule has 0 spiro atoms. The number of carbonyl (C=O) groups is 2. The van der Waals surface area contributed by atoms with E-state index in [1.54, 1.807) is 23.1 Å². The standard InChI is InChI=1S/C17H23NO4/c1-17(2,3)22-16(21)18-9-5-8-14(11-18)12-6-4-7-13(10-12)15(19)20/h4,6-7,10,14H,5,8-9,11H2,1-3H3,(H,19,20)/t14-/m0/s1. The summed E-state index contributed by atoms with van der Waals surface area (Å²) in [6, 6.07) is 6.97. The Labute approximate surface area is 130 Å². The molecule has 1 atom stereocenters. The molecule has 1 N–H and O–H groups in total. The molecule has 1 amide bonds. The number of amides is 1. The van der Waals surface area contributed by atoms with E-state index in [9.17, 15) is 9.59 Å². The van der Waals surface area contributed by atoms with Crippen LogP contribution in [0.2, 0.25) is 0 Å². The number of piperidine rings is 1. The van der Waals surface area contributed by atoms with Crippen LogP contribution in [0.25, 0.3) is 0 Å². The Balaban J connectivity index is 2.09. The highest BCUT2D eigenvalue weighted by Crippen LogP contribution is 2.28. The van der Waals surface area contributed by atoms with E-state index in [-0.39, 0.29) is 17.6 Å². The van der Waals surface area contributed by atoms with Gasteiger partial charge in [-0.2, -0.15) is 0 Å². The van der Waals surface area contributed by atoms with E-state index < -0.39 is 11.6 Å². The number of hydrogen-bond acceptors (Lipinski definition) is 3. The molecule has 1 saturated heterocycles. The first kappa shape index (κ1) is 16.3. The molecular formula is C17H23NO4. The molecule has 1 aliphatic heterocycles. The summed E-state index contributed by atoms with van der Waals surface area (Å²) in [5, 5.41) is 9.09. The summed E-state index contributed by atoms with van der Waals surface area (Å²) >= 11 is 0. The van der Waals surface area contributed by atoms with Crippen molar-refractivity contribution in [2.75, 3.05) is 13.1 Å². The summed E-state index contributed by atoms with van der Waals surface area (Å²) in [7, 11) is 0. The minimum absolute atomic E-state index is 0.153. The van der Waals surface area contributed by atoms with Crippen LogP contribution in [0.3, 0.4) is 0 Å². The van der Waals surface area contributed by atoms with E-state index in [0.29, 0.717) is 13.1 Å². The molecule has 1 aliphatic rings.